The monoisotopic (exact) mass is 351 g/mol. The third-order valence-corrected chi connectivity index (χ3v) is 4.96. The van der Waals surface area contributed by atoms with Gasteiger partial charge in [0.2, 0.25) is 0 Å². The van der Waals surface area contributed by atoms with Crippen LogP contribution in [-0.4, -0.2) is 24.4 Å². The molecule has 25 heavy (non-hydrogen) atoms. The molecule has 0 atom stereocenters. The SMILES string of the molecule is CCCN(C)C(=O)c1ccc(-c2ccc(Oc3ccccc3)cc2)s1. The summed E-state index contributed by atoms with van der Waals surface area (Å²) in [5.74, 6) is 1.70. The lowest BCUT2D eigenvalue weighted by Crippen LogP contribution is -2.26. The number of ether oxygens (including phenoxy) is 1. The second-order valence-corrected chi connectivity index (χ2v) is 6.91. The van der Waals surface area contributed by atoms with Gasteiger partial charge in [-0.15, -0.1) is 11.3 Å². The fraction of sp³-hybridized carbons (Fsp3) is 0.190. The molecule has 0 fully saturated rings. The lowest BCUT2D eigenvalue weighted by Gasteiger charge is -2.14. The zero-order chi connectivity index (χ0) is 17.6. The van der Waals surface area contributed by atoms with Crippen molar-refractivity contribution in [2.45, 2.75) is 13.3 Å². The summed E-state index contributed by atoms with van der Waals surface area (Å²) in [5, 5.41) is 0. The highest BCUT2D eigenvalue weighted by Crippen LogP contribution is 2.31. The van der Waals surface area contributed by atoms with E-state index in [9.17, 15) is 4.79 Å². The van der Waals surface area contributed by atoms with Gasteiger partial charge < -0.3 is 9.64 Å². The molecule has 0 saturated heterocycles. The summed E-state index contributed by atoms with van der Waals surface area (Å²) in [6.45, 7) is 2.85. The normalized spacial score (nSPS) is 10.5. The fourth-order valence-electron chi connectivity index (χ4n) is 2.54. The maximum Gasteiger partial charge on any atom is 0.263 e. The predicted molar refractivity (Wildman–Crippen MR) is 104 cm³/mol. The number of benzene rings is 2. The first-order chi connectivity index (χ1) is 12.2. The first kappa shape index (κ1) is 17.2. The summed E-state index contributed by atoms with van der Waals surface area (Å²) >= 11 is 1.53. The molecule has 1 aromatic heterocycles. The quantitative estimate of drug-likeness (QED) is 0.571. The second-order valence-electron chi connectivity index (χ2n) is 5.83. The molecule has 0 aliphatic rings. The summed E-state index contributed by atoms with van der Waals surface area (Å²) in [6.07, 6.45) is 0.962. The maximum absolute atomic E-state index is 12.4. The molecule has 1 amide bonds. The molecule has 0 bridgehead atoms. The Morgan fingerprint density at radius 1 is 0.960 bits per heavy atom. The van der Waals surface area contributed by atoms with E-state index >= 15 is 0 Å². The Hall–Kier alpha value is -2.59. The van der Waals surface area contributed by atoms with Gasteiger partial charge in [0, 0.05) is 18.5 Å². The summed E-state index contributed by atoms with van der Waals surface area (Å²) in [5.41, 5.74) is 1.09. The average molecular weight is 351 g/mol. The van der Waals surface area contributed by atoms with Crippen LogP contribution in [0, 0.1) is 0 Å². The number of carbonyl (C=O) groups is 1. The molecule has 0 aliphatic heterocycles. The van der Waals surface area contributed by atoms with Crippen molar-refractivity contribution < 1.29 is 9.53 Å². The van der Waals surface area contributed by atoms with Gasteiger partial charge in [-0.05, 0) is 60.5 Å². The Kier molecular flexibility index (Phi) is 5.51. The number of rotatable bonds is 6. The standard InChI is InChI=1S/C21H21NO2S/c1-3-15-22(2)21(23)20-14-13-19(25-20)16-9-11-18(12-10-16)24-17-7-5-4-6-8-17/h4-14H,3,15H2,1-2H3. The van der Waals surface area contributed by atoms with E-state index in [4.69, 9.17) is 4.74 Å². The van der Waals surface area contributed by atoms with Gasteiger partial charge in [-0.2, -0.15) is 0 Å². The smallest absolute Gasteiger partial charge is 0.263 e. The van der Waals surface area contributed by atoms with Gasteiger partial charge in [0.1, 0.15) is 11.5 Å². The van der Waals surface area contributed by atoms with Crippen molar-refractivity contribution in [2.24, 2.45) is 0 Å². The molecule has 3 aromatic rings. The number of nitrogens with zero attached hydrogens (tertiary/aromatic N) is 1. The van der Waals surface area contributed by atoms with Gasteiger partial charge >= 0.3 is 0 Å². The van der Waals surface area contributed by atoms with Crippen LogP contribution in [0.1, 0.15) is 23.0 Å². The molecule has 3 rings (SSSR count). The van der Waals surface area contributed by atoms with Gasteiger partial charge in [0.05, 0.1) is 4.88 Å². The zero-order valence-electron chi connectivity index (χ0n) is 14.4. The van der Waals surface area contributed by atoms with Crippen LogP contribution in [0.4, 0.5) is 0 Å². The Balaban J connectivity index is 1.71. The molecule has 3 nitrogen and oxygen atoms in total. The minimum absolute atomic E-state index is 0.0853. The van der Waals surface area contributed by atoms with E-state index in [-0.39, 0.29) is 5.91 Å². The Morgan fingerprint density at radius 2 is 1.64 bits per heavy atom. The largest absolute Gasteiger partial charge is 0.457 e. The first-order valence-electron chi connectivity index (χ1n) is 8.36. The van der Waals surface area contributed by atoms with Crippen LogP contribution in [0.2, 0.25) is 0 Å². The highest BCUT2D eigenvalue weighted by atomic mass is 32.1. The summed E-state index contributed by atoms with van der Waals surface area (Å²) in [7, 11) is 1.85. The highest BCUT2D eigenvalue weighted by molar-refractivity contribution is 7.17. The minimum atomic E-state index is 0.0853. The molecule has 0 N–H and O–H groups in total. The number of para-hydroxylation sites is 1. The number of amides is 1. The van der Waals surface area contributed by atoms with E-state index in [1.165, 1.54) is 11.3 Å². The van der Waals surface area contributed by atoms with Crippen LogP contribution in [0.15, 0.2) is 66.7 Å². The topological polar surface area (TPSA) is 29.5 Å². The molecule has 0 unspecified atom stereocenters. The van der Waals surface area contributed by atoms with Crippen LogP contribution in [-0.2, 0) is 0 Å². The number of hydrogen-bond donors (Lipinski definition) is 0. The van der Waals surface area contributed by atoms with Crippen molar-refractivity contribution in [3.05, 3.63) is 71.6 Å². The third-order valence-electron chi connectivity index (χ3n) is 3.84. The van der Waals surface area contributed by atoms with Crippen molar-refractivity contribution >= 4 is 17.2 Å². The number of carbonyl (C=O) groups excluding carboxylic acids is 1. The van der Waals surface area contributed by atoms with E-state index in [0.29, 0.717) is 0 Å². The van der Waals surface area contributed by atoms with Crippen LogP contribution in [0.25, 0.3) is 10.4 Å². The Bertz CT molecular complexity index is 825. The van der Waals surface area contributed by atoms with Crippen LogP contribution < -0.4 is 4.74 Å². The van der Waals surface area contributed by atoms with Crippen molar-refractivity contribution in [3.63, 3.8) is 0 Å². The van der Waals surface area contributed by atoms with E-state index in [1.54, 1.807) is 4.90 Å². The van der Waals surface area contributed by atoms with Crippen LogP contribution in [0.5, 0.6) is 11.5 Å². The van der Waals surface area contributed by atoms with Crippen molar-refractivity contribution in [1.82, 2.24) is 4.90 Å². The molecule has 1 heterocycles. The Morgan fingerprint density at radius 3 is 2.32 bits per heavy atom. The lowest BCUT2D eigenvalue weighted by molar-refractivity contribution is 0.0800. The third kappa shape index (κ3) is 4.28. The number of hydrogen-bond acceptors (Lipinski definition) is 3. The summed E-state index contributed by atoms with van der Waals surface area (Å²) in [6, 6.07) is 21.6. The predicted octanol–water partition coefficient (Wildman–Crippen LogP) is 5.69. The van der Waals surface area contributed by atoms with E-state index in [2.05, 4.69) is 6.92 Å². The van der Waals surface area contributed by atoms with Crippen molar-refractivity contribution in [3.8, 4) is 21.9 Å². The second kappa shape index (κ2) is 7.99. The van der Waals surface area contributed by atoms with E-state index < -0.39 is 0 Å². The summed E-state index contributed by atoms with van der Waals surface area (Å²) < 4.78 is 5.81. The molecular formula is C21H21NO2S. The van der Waals surface area contributed by atoms with E-state index in [1.807, 2.05) is 73.8 Å². The minimum Gasteiger partial charge on any atom is -0.457 e. The molecule has 0 spiro atoms. The molecule has 2 aromatic carbocycles. The highest BCUT2D eigenvalue weighted by Gasteiger charge is 2.14. The van der Waals surface area contributed by atoms with Gasteiger partial charge in [0.15, 0.2) is 0 Å². The van der Waals surface area contributed by atoms with Crippen LogP contribution in [0.3, 0.4) is 0 Å². The average Bonchev–Trinajstić information content (AvgIpc) is 3.13. The molecule has 0 aliphatic carbocycles. The van der Waals surface area contributed by atoms with Gasteiger partial charge in [-0.1, -0.05) is 25.1 Å². The summed E-state index contributed by atoms with van der Waals surface area (Å²) in [4.78, 5) is 16.0. The van der Waals surface area contributed by atoms with Crippen molar-refractivity contribution in [2.75, 3.05) is 13.6 Å². The first-order valence-corrected chi connectivity index (χ1v) is 9.17. The van der Waals surface area contributed by atoms with E-state index in [0.717, 1.165) is 39.8 Å². The van der Waals surface area contributed by atoms with Crippen LogP contribution >= 0.6 is 11.3 Å². The van der Waals surface area contributed by atoms with Crippen molar-refractivity contribution in [1.29, 1.82) is 0 Å². The van der Waals surface area contributed by atoms with Gasteiger partial charge in [-0.3, -0.25) is 4.79 Å². The maximum atomic E-state index is 12.4. The molecule has 128 valence electrons. The molecule has 0 radical (unpaired) electrons. The van der Waals surface area contributed by atoms with Gasteiger partial charge in [-0.25, -0.2) is 0 Å². The molecule has 4 heteroatoms. The number of thiophene rings is 1. The fourth-order valence-corrected chi connectivity index (χ4v) is 3.55. The molecule has 0 saturated carbocycles. The zero-order valence-corrected chi connectivity index (χ0v) is 15.3. The Labute approximate surface area is 152 Å². The van der Waals surface area contributed by atoms with Gasteiger partial charge in [0.25, 0.3) is 5.91 Å². The lowest BCUT2D eigenvalue weighted by atomic mass is 10.2. The molecular weight excluding hydrogens is 330 g/mol.